The van der Waals surface area contributed by atoms with Crippen molar-refractivity contribution in [3.63, 3.8) is 0 Å². The minimum Gasteiger partial charge on any atom is -0.477 e. The van der Waals surface area contributed by atoms with Crippen molar-refractivity contribution in [3.8, 4) is 0 Å². The minimum absolute atomic E-state index is 0.122. The zero-order chi connectivity index (χ0) is 12.0. The maximum Gasteiger partial charge on any atom is 0.354 e. The fraction of sp³-hybridized carbons (Fsp3) is 0.364. The summed E-state index contributed by atoms with van der Waals surface area (Å²) in [7, 11) is 0. The molecule has 5 heteroatoms. The second-order valence-electron chi connectivity index (χ2n) is 3.34. The molecule has 0 bridgehead atoms. The Morgan fingerprint density at radius 3 is 2.88 bits per heavy atom. The fourth-order valence-corrected chi connectivity index (χ4v) is 1.17. The number of amides is 1. The van der Waals surface area contributed by atoms with E-state index in [1.165, 1.54) is 18.3 Å². The number of carbonyl (C=O) groups is 2. The van der Waals surface area contributed by atoms with Crippen LogP contribution in [0, 0.1) is 0 Å². The summed E-state index contributed by atoms with van der Waals surface area (Å²) in [6.07, 6.45) is 3.22. The number of nitrogens with one attached hydrogen (secondary N) is 1. The number of carboxylic acid groups (broad SMARTS) is 1. The van der Waals surface area contributed by atoms with Gasteiger partial charge in [-0.3, -0.25) is 4.79 Å². The highest BCUT2D eigenvalue weighted by atomic mass is 16.4. The molecule has 5 nitrogen and oxygen atoms in total. The van der Waals surface area contributed by atoms with Crippen LogP contribution in [0.1, 0.15) is 40.6 Å². The summed E-state index contributed by atoms with van der Waals surface area (Å²) < 4.78 is 0. The average molecular weight is 222 g/mol. The summed E-state index contributed by atoms with van der Waals surface area (Å²) in [6, 6.07) is 2.76. The van der Waals surface area contributed by atoms with E-state index in [2.05, 4.69) is 10.3 Å². The molecular weight excluding hydrogens is 208 g/mol. The van der Waals surface area contributed by atoms with Gasteiger partial charge in [0.25, 0.3) is 5.91 Å². The molecule has 0 unspecified atom stereocenters. The average Bonchev–Trinajstić information content (AvgIpc) is 2.29. The highest BCUT2D eigenvalue weighted by molar-refractivity contribution is 5.96. The number of aromatic carboxylic acids is 1. The Bertz CT molecular complexity index is 391. The van der Waals surface area contributed by atoms with E-state index >= 15 is 0 Å². The molecule has 0 fully saturated rings. The van der Waals surface area contributed by atoms with Gasteiger partial charge in [-0.2, -0.15) is 0 Å². The maximum absolute atomic E-state index is 11.6. The van der Waals surface area contributed by atoms with E-state index in [1.54, 1.807) is 0 Å². The number of unbranched alkanes of at least 4 members (excludes halogenated alkanes) is 1. The van der Waals surface area contributed by atoms with Gasteiger partial charge in [-0.25, -0.2) is 9.78 Å². The molecule has 0 aliphatic heterocycles. The van der Waals surface area contributed by atoms with Crippen molar-refractivity contribution in [1.82, 2.24) is 10.3 Å². The molecule has 0 aromatic carbocycles. The molecule has 1 amide bonds. The molecule has 1 aromatic rings. The molecule has 0 radical (unpaired) electrons. The van der Waals surface area contributed by atoms with Crippen LogP contribution in [-0.2, 0) is 0 Å². The Labute approximate surface area is 93.5 Å². The molecule has 1 aromatic heterocycles. The van der Waals surface area contributed by atoms with Crippen LogP contribution >= 0.6 is 0 Å². The van der Waals surface area contributed by atoms with Crippen molar-refractivity contribution in [2.24, 2.45) is 0 Å². The van der Waals surface area contributed by atoms with E-state index in [-0.39, 0.29) is 11.6 Å². The third kappa shape index (κ3) is 3.34. The normalized spacial score (nSPS) is 9.81. The highest BCUT2D eigenvalue weighted by Crippen LogP contribution is 2.02. The Hall–Kier alpha value is -1.91. The van der Waals surface area contributed by atoms with Gasteiger partial charge in [0.1, 0.15) is 5.69 Å². The summed E-state index contributed by atoms with van der Waals surface area (Å²) >= 11 is 0. The minimum atomic E-state index is -1.14. The van der Waals surface area contributed by atoms with Gasteiger partial charge < -0.3 is 10.4 Å². The van der Waals surface area contributed by atoms with Crippen LogP contribution in [0.25, 0.3) is 0 Å². The Balaban J connectivity index is 2.68. The van der Waals surface area contributed by atoms with Gasteiger partial charge in [-0.1, -0.05) is 13.3 Å². The number of pyridine rings is 1. The molecule has 0 saturated heterocycles. The van der Waals surface area contributed by atoms with Gasteiger partial charge in [-0.05, 0) is 18.6 Å². The monoisotopic (exact) mass is 222 g/mol. The molecule has 0 aliphatic carbocycles. The molecule has 1 rings (SSSR count). The number of hydrogen-bond donors (Lipinski definition) is 2. The van der Waals surface area contributed by atoms with Crippen LogP contribution in [0.2, 0.25) is 0 Å². The second-order valence-corrected chi connectivity index (χ2v) is 3.34. The summed E-state index contributed by atoms with van der Waals surface area (Å²) in [4.78, 5) is 25.8. The van der Waals surface area contributed by atoms with Gasteiger partial charge in [-0.15, -0.1) is 0 Å². The van der Waals surface area contributed by atoms with Gasteiger partial charge in [0.15, 0.2) is 0 Å². The molecule has 16 heavy (non-hydrogen) atoms. The van der Waals surface area contributed by atoms with E-state index in [1.807, 2.05) is 6.92 Å². The van der Waals surface area contributed by atoms with Gasteiger partial charge >= 0.3 is 5.97 Å². The predicted octanol–water partition coefficient (Wildman–Crippen LogP) is 1.31. The van der Waals surface area contributed by atoms with Crippen LogP contribution in [0.15, 0.2) is 18.3 Å². The Morgan fingerprint density at radius 2 is 2.25 bits per heavy atom. The van der Waals surface area contributed by atoms with Gasteiger partial charge in [0, 0.05) is 18.3 Å². The van der Waals surface area contributed by atoms with Crippen molar-refractivity contribution >= 4 is 11.9 Å². The predicted molar refractivity (Wildman–Crippen MR) is 58.4 cm³/mol. The second kappa shape index (κ2) is 5.85. The highest BCUT2D eigenvalue weighted by Gasteiger charge is 2.09. The quantitative estimate of drug-likeness (QED) is 0.736. The third-order valence-corrected chi connectivity index (χ3v) is 2.06. The van der Waals surface area contributed by atoms with Gasteiger partial charge in [0.05, 0.1) is 0 Å². The van der Waals surface area contributed by atoms with Crippen LogP contribution in [-0.4, -0.2) is 28.5 Å². The van der Waals surface area contributed by atoms with E-state index in [0.29, 0.717) is 12.1 Å². The first-order valence-electron chi connectivity index (χ1n) is 5.12. The van der Waals surface area contributed by atoms with E-state index in [9.17, 15) is 9.59 Å². The lowest BCUT2D eigenvalue weighted by Gasteiger charge is -2.04. The van der Waals surface area contributed by atoms with Crippen molar-refractivity contribution in [2.75, 3.05) is 6.54 Å². The lowest BCUT2D eigenvalue weighted by atomic mass is 10.2. The van der Waals surface area contributed by atoms with Crippen LogP contribution in [0.3, 0.4) is 0 Å². The van der Waals surface area contributed by atoms with Crippen LogP contribution in [0.4, 0.5) is 0 Å². The van der Waals surface area contributed by atoms with Crippen LogP contribution < -0.4 is 5.32 Å². The zero-order valence-electron chi connectivity index (χ0n) is 9.06. The summed E-state index contributed by atoms with van der Waals surface area (Å²) in [5, 5.41) is 11.4. The number of aromatic nitrogens is 1. The summed E-state index contributed by atoms with van der Waals surface area (Å²) in [5.74, 6) is -1.40. The number of rotatable bonds is 5. The number of carbonyl (C=O) groups excluding carboxylic acids is 1. The number of carboxylic acids is 1. The molecule has 0 saturated carbocycles. The zero-order valence-corrected chi connectivity index (χ0v) is 9.06. The fourth-order valence-electron chi connectivity index (χ4n) is 1.17. The van der Waals surface area contributed by atoms with E-state index < -0.39 is 5.97 Å². The van der Waals surface area contributed by atoms with Crippen molar-refractivity contribution in [3.05, 3.63) is 29.6 Å². The lowest BCUT2D eigenvalue weighted by Crippen LogP contribution is -2.24. The van der Waals surface area contributed by atoms with Crippen molar-refractivity contribution < 1.29 is 14.7 Å². The van der Waals surface area contributed by atoms with Gasteiger partial charge in [0.2, 0.25) is 0 Å². The Kier molecular flexibility index (Phi) is 4.44. The lowest BCUT2D eigenvalue weighted by molar-refractivity contribution is 0.0690. The molecule has 0 aliphatic rings. The smallest absolute Gasteiger partial charge is 0.354 e. The van der Waals surface area contributed by atoms with E-state index in [0.717, 1.165) is 12.8 Å². The largest absolute Gasteiger partial charge is 0.477 e. The molecule has 2 N–H and O–H groups in total. The third-order valence-electron chi connectivity index (χ3n) is 2.06. The Morgan fingerprint density at radius 1 is 1.50 bits per heavy atom. The molecule has 0 spiro atoms. The van der Waals surface area contributed by atoms with Crippen LogP contribution in [0.5, 0.6) is 0 Å². The summed E-state index contributed by atoms with van der Waals surface area (Å²) in [5.41, 5.74) is 0.201. The molecule has 86 valence electrons. The van der Waals surface area contributed by atoms with Crippen molar-refractivity contribution in [1.29, 1.82) is 0 Å². The first kappa shape index (κ1) is 12.2. The summed E-state index contributed by atoms with van der Waals surface area (Å²) in [6.45, 7) is 2.63. The molecule has 1 heterocycles. The number of hydrogen-bond acceptors (Lipinski definition) is 3. The molecular formula is C11H14N2O3. The topological polar surface area (TPSA) is 79.3 Å². The standard InChI is InChI=1S/C11H14N2O3/c1-2-3-5-13-10(14)8-4-6-12-9(7-8)11(15)16/h4,6-7H,2-3,5H2,1H3,(H,13,14)(H,15,16). The maximum atomic E-state index is 11.6. The van der Waals surface area contributed by atoms with E-state index in [4.69, 9.17) is 5.11 Å². The molecule has 0 atom stereocenters. The first-order valence-corrected chi connectivity index (χ1v) is 5.12. The SMILES string of the molecule is CCCCNC(=O)c1ccnc(C(=O)O)c1. The number of nitrogens with zero attached hydrogens (tertiary/aromatic N) is 1. The first-order chi connectivity index (χ1) is 7.65. The van der Waals surface area contributed by atoms with Crippen molar-refractivity contribution in [2.45, 2.75) is 19.8 Å².